The summed E-state index contributed by atoms with van der Waals surface area (Å²) in [6.07, 6.45) is 3.29. The van der Waals surface area contributed by atoms with E-state index in [9.17, 15) is 14.4 Å². The van der Waals surface area contributed by atoms with Crippen LogP contribution < -0.4 is 10.6 Å². The topological polar surface area (TPSA) is 98.7 Å². The highest BCUT2D eigenvalue weighted by Crippen LogP contribution is 2.33. The van der Waals surface area contributed by atoms with Gasteiger partial charge in [0.05, 0.1) is 17.6 Å². The molecule has 1 aromatic rings. The summed E-state index contributed by atoms with van der Waals surface area (Å²) >= 11 is 1.89. The van der Waals surface area contributed by atoms with Crippen molar-refractivity contribution in [3.63, 3.8) is 0 Å². The van der Waals surface area contributed by atoms with E-state index in [0.717, 1.165) is 30.6 Å². The smallest absolute Gasteiger partial charge is 0.335 e. The lowest BCUT2D eigenvalue weighted by Gasteiger charge is -2.18. The van der Waals surface area contributed by atoms with Crippen LogP contribution in [-0.4, -0.2) is 58.0 Å². The summed E-state index contributed by atoms with van der Waals surface area (Å²) < 4.78 is 0. The summed E-state index contributed by atoms with van der Waals surface area (Å²) in [7, 11) is 1.77. The molecule has 8 heteroatoms. The van der Waals surface area contributed by atoms with E-state index in [-0.39, 0.29) is 29.6 Å². The van der Waals surface area contributed by atoms with E-state index in [1.807, 2.05) is 11.8 Å². The van der Waals surface area contributed by atoms with Crippen LogP contribution in [0.2, 0.25) is 0 Å². The number of hydrogen-bond acceptors (Lipinski definition) is 4. The van der Waals surface area contributed by atoms with Crippen LogP contribution in [0.15, 0.2) is 24.3 Å². The van der Waals surface area contributed by atoms with Crippen LogP contribution in [0, 0.1) is 0 Å². The van der Waals surface area contributed by atoms with Gasteiger partial charge < -0.3 is 20.6 Å². The molecular formula is C19H25N3O4S. The molecule has 2 fully saturated rings. The second-order valence-corrected chi connectivity index (χ2v) is 8.39. The number of carbonyl (C=O) groups excluding carboxylic acids is 2. The minimum Gasteiger partial charge on any atom is -0.478 e. The number of aromatic carboxylic acids is 1. The zero-order valence-corrected chi connectivity index (χ0v) is 16.1. The lowest BCUT2D eigenvalue weighted by Crippen LogP contribution is -2.36. The van der Waals surface area contributed by atoms with Crippen molar-refractivity contribution in [2.45, 2.75) is 49.6 Å². The fraction of sp³-hybridized carbons (Fsp3) is 0.526. The maximum absolute atomic E-state index is 12.3. The SMILES string of the molecule is CN(Cc1ccc(C(=O)O)cc1)C(=O)CCCC[C@@H]1SC[C@@H]2NC(=O)N[C@@H]21. The van der Waals surface area contributed by atoms with Crippen LogP contribution >= 0.6 is 11.8 Å². The molecule has 146 valence electrons. The van der Waals surface area contributed by atoms with Crippen molar-refractivity contribution in [2.75, 3.05) is 12.8 Å². The first-order chi connectivity index (χ1) is 12.9. The average molecular weight is 391 g/mol. The summed E-state index contributed by atoms with van der Waals surface area (Å²) in [6.45, 7) is 0.471. The van der Waals surface area contributed by atoms with Crippen LogP contribution in [0.1, 0.15) is 41.6 Å². The Labute approximate surface area is 162 Å². The van der Waals surface area contributed by atoms with E-state index in [2.05, 4.69) is 10.6 Å². The molecule has 2 heterocycles. The second-order valence-electron chi connectivity index (χ2n) is 7.12. The molecule has 3 N–H and O–H groups in total. The molecule has 0 saturated carbocycles. The van der Waals surface area contributed by atoms with Gasteiger partial charge in [0, 0.05) is 31.0 Å². The van der Waals surface area contributed by atoms with E-state index < -0.39 is 5.97 Å². The molecular weight excluding hydrogens is 366 g/mol. The van der Waals surface area contributed by atoms with Crippen molar-refractivity contribution in [1.29, 1.82) is 0 Å². The van der Waals surface area contributed by atoms with Crippen molar-refractivity contribution in [2.24, 2.45) is 0 Å². The predicted octanol–water partition coefficient (Wildman–Crippen LogP) is 2.07. The molecule has 3 rings (SSSR count). The summed E-state index contributed by atoms with van der Waals surface area (Å²) in [4.78, 5) is 36.2. The summed E-state index contributed by atoms with van der Waals surface area (Å²) in [5, 5.41) is 15.3. The Morgan fingerprint density at radius 3 is 2.67 bits per heavy atom. The molecule has 0 aliphatic carbocycles. The Kier molecular flexibility index (Phi) is 6.26. The van der Waals surface area contributed by atoms with Crippen molar-refractivity contribution in [3.05, 3.63) is 35.4 Å². The molecule has 2 aliphatic rings. The average Bonchev–Trinajstić information content (AvgIpc) is 3.18. The Morgan fingerprint density at radius 2 is 1.96 bits per heavy atom. The number of nitrogens with one attached hydrogen (secondary N) is 2. The molecule has 0 aromatic heterocycles. The molecule has 27 heavy (non-hydrogen) atoms. The first kappa shape index (κ1) is 19.5. The van der Waals surface area contributed by atoms with Crippen LogP contribution in [0.5, 0.6) is 0 Å². The zero-order chi connectivity index (χ0) is 19.4. The molecule has 0 unspecified atom stereocenters. The van der Waals surface area contributed by atoms with Gasteiger partial charge in [-0.3, -0.25) is 4.79 Å². The van der Waals surface area contributed by atoms with Gasteiger partial charge in [0.25, 0.3) is 0 Å². The highest BCUT2D eigenvalue weighted by molar-refractivity contribution is 8.00. The Balaban J connectivity index is 1.36. The van der Waals surface area contributed by atoms with Gasteiger partial charge in [0.1, 0.15) is 0 Å². The van der Waals surface area contributed by atoms with Gasteiger partial charge in [-0.1, -0.05) is 18.6 Å². The highest BCUT2D eigenvalue weighted by Gasteiger charge is 2.42. The number of carbonyl (C=O) groups is 3. The van der Waals surface area contributed by atoms with Gasteiger partial charge in [-0.2, -0.15) is 11.8 Å². The number of amides is 3. The van der Waals surface area contributed by atoms with Crippen molar-refractivity contribution >= 4 is 29.7 Å². The van der Waals surface area contributed by atoms with Crippen molar-refractivity contribution in [1.82, 2.24) is 15.5 Å². The summed E-state index contributed by atoms with van der Waals surface area (Å²) in [6, 6.07) is 6.99. The van der Waals surface area contributed by atoms with Gasteiger partial charge >= 0.3 is 12.0 Å². The van der Waals surface area contributed by atoms with Gasteiger partial charge in [-0.15, -0.1) is 0 Å². The van der Waals surface area contributed by atoms with Crippen LogP contribution in [0.25, 0.3) is 0 Å². The fourth-order valence-electron chi connectivity index (χ4n) is 3.57. The van der Waals surface area contributed by atoms with Crippen LogP contribution in [-0.2, 0) is 11.3 Å². The number of nitrogens with zero attached hydrogens (tertiary/aromatic N) is 1. The lowest BCUT2D eigenvalue weighted by atomic mass is 10.0. The van der Waals surface area contributed by atoms with Crippen LogP contribution in [0.4, 0.5) is 4.79 Å². The third-order valence-corrected chi connectivity index (χ3v) is 6.62. The standard InChI is InChI=1S/C19H25N3O4S/c1-22(10-12-6-8-13(9-7-12)18(24)25)16(23)5-3-2-4-15-17-14(11-27-15)20-19(26)21-17/h6-9,14-15,17H,2-5,10-11H2,1H3,(H,24,25)(H2,20,21,26)/t14-,15-,17-/m0/s1. The monoisotopic (exact) mass is 391 g/mol. The maximum Gasteiger partial charge on any atom is 0.335 e. The van der Waals surface area contributed by atoms with Gasteiger partial charge in [0.2, 0.25) is 5.91 Å². The van der Waals surface area contributed by atoms with Crippen molar-refractivity contribution in [3.8, 4) is 0 Å². The van der Waals surface area contributed by atoms with E-state index in [4.69, 9.17) is 5.11 Å². The first-order valence-corrected chi connectivity index (χ1v) is 10.2. The fourth-order valence-corrected chi connectivity index (χ4v) is 5.11. The number of carboxylic acid groups (broad SMARTS) is 1. The zero-order valence-electron chi connectivity index (χ0n) is 15.3. The normalized spacial score (nSPS) is 23.4. The molecule has 0 bridgehead atoms. The van der Waals surface area contributed by atoms with E-state index in [0.29, 0.717) is 18.2 Å². The van der Waals surface area contributed by atoms with Gasteiger partial charge in [-0.05, 0) is 30.5 Å². The number of benzene rings is 1. The lowest BCUT2D eigenvalue weighted by molar-refractivity contribution is -0.130. The number of fused-ring (bicyclic) bond motifs is 1. The first-order valence-electron chi connectivity index (χ1n) is 9.19. The third-order valence-electron chi connectivity index (χ3n) is 5.11. The number of rotatable bonds is 8. The van der Waals surface area contributed by atoms with Gasteiger partial charge in [-0.25, -0.2) is 9.59 Å². The second kappa shape index (κ2) is 8.65. The summed E-state index contributed by atoms with van der Waals surface area (Å²) in [5.41, 5.74) is 1.15. The number of thioether (sulfide) groups is 1. The number of unbranched alkanes of at least 4 members (excludes halogenated alkanes) is 1. The Morgan fingerprint density at radius 1 is 1.22 bits per heavy atom. The quantitative estimate of drug-likeness (QED) is 0.465. The number of hydrogen-bond donors (Lipinski definition) is 3. The molecule has 0 spiro atoms. The minimum absolute atomic E-state index is 0.0662. The molecule has 7 nitrogen and oxygen atoms in total. The Hall–Kier alpha value is -2.22. The maximum atomic E-state index is 12.3. The largest absolute Gasteiger partial charge is 0.478 e. The number of carboxylic acids is 1. The van der Waals surface area contributed by atoms with E-state index >= 15 is 0 Å². The van der Waals surface area contributed by atoms with E-state index in [1.54, 1.807) is 36.2 Å². The van der Waals surface area contributed by atoms with E-state index in [1.165, 1.54) is 0 Å². The molecule has 2 saturated heterocycles. The predicted molar refractivity (Wildman–Crippen MR) is 104 cm³/mol. The summed E-state index contributed by atoms with van der Waals surface area (Å²) in [5.74, 6) is 0.0898. The van der Waals surface area contributed by atoms with Gasteiger partial charge in [0.15, 0.2) is 0 Å². The number of urea groups is 1. The molecule has 0 radical (unpaired) electrons. The minimum atomic E-state index is -0.953. The Bertz CT molecular complexity index is 709. The third kappa shape index (κ3) is 4.94. The van der Waals surface area contributed by atoms with Crippen LogP contribution in [0.3, 0.4) is 0 Å². The van der Waals surface area contributed by atoms with Crippen molar-refractivity contribution < 1.29 is 19.5 Å². The highest BCUT2D eigenvalue weighted by atomic mass is 32.2. The molecule has 1 aromatic carbocycles. The molecule has 3 atom stereocenters. The molecule has 3 amide bonds. The molecule has 2 aliphatic heterocycles.